The van der Waals surface area contributed by atoms with Gasteiger partial charge in [-0.2, -0.15) is 5.26 Å². The molecule has 0 bridgehead atoms. The first-order chi connectivity index (χ1) is 21.2. The molecule has 5 rings (SSSR count). The van der Waals surface area contributed by atoms with Crippen molar-refractivity contribution < 1.29 is 14.5 Å². The van der Waals surface area contributed by atoms with Gasteiger partial charge in [0.1, 0.15) is 11.9 Å². The van der Waals surface area contributed by atoms with Gasteiger partial charge in [0, 0.05) is 56.1 Å². The summed E-state index contributed by atoms with van der Waals surface area (Å²) in [7, 11) is 2.05. The zero-order valence-electron chi connectivity index (χ0n) is 24.7. The summed E-state index contributed by atoms with van der Waals surface area (Å²) in [4.78, 5) is 49.9. The number of nitrogens with two attached hydrogens (primary N) is 1. The highest BCUT2D eigenvalue weighted by molar-refractivity contribution is 6.00. The van der Waals surface area contributed by atoms with Gasteiger partial charge in [0.25, 0.3) is 11.6 Å². The van der Waals surface area contributed by atoms with E-state index in [-0.39, 0.29) is 41.0 Å². The molecule has 228 valence electrons. The summed E-state index contributed by atoms with van der Waals surface area (Å²) >= 11 is 0. The number of pyridine rings is 2. The minimum Gasteiger partial charge on any atom is -0.381 e. The molecule has 44 heavy (non-hydrogen) atoms. The fourth-order valence-corrected chi connectivity index (χ4v) is 5.94. The molecule has 2 saturated heterocycles. The minimum absolute atomic E-state index is 0.0777. The van der Waals surface area contributed by atoms with Crippen LogP contribution < -0.4 is 16.0 Å². The van der Waals surface area contributed by atoms with E-state index in [9.17, 15) is 19.7 Å². The number of nitrogens with one attached hydrogen (secondary N) is 1. The lowest BCUT2D eigenvalue weighted by Crippen LogP contribution is -2.39. The molecular formula is C32H36N8O4. The van der Waals surface area contributed by atoms with Crippen molar-refractivity contribution >= 4 is 28.9 Å². The molecule has 12 nitrogen and oxygen atoms in total. The van der Waals surface area contributed by atoms with Gasteiger partial charge >= 0.3 is 0 Å². The fourth-order valence-electron chi connectivity index (χ4n) is 5.94. The third-order valence-corrected chi connectivity index (χ3v) is 8.54. The molecule has 0 radical (unpaired) electrons. The summed E-state index contributed by atoms with van der Waals surface area (Å²) in [6, 6.07) is 12.2. The van der Waals surface area contributed by atoms with E-state index in [1.807, 2.05) is 6.07 Å². The number of nitro groups is 1. The predicted molar refractivity (Wildman–Crippen MR) is 166 cm³/mol. The van der Waals surface area contributed by atoms with Crippen LogP contribution in [0.1, 0.15) is 69.6 Å². The fraction of sp³-hybridized carbons (Fsp3) is 0.406. The number of primary amides is 1. The molecule has 3 N–H and O–H groups in total. The van der Waals surface area contributed by atoms with E-state index >= 15 is 0 Å². The monoisotopic (exact) mass is 596 g/mol. The van der Waals surface area contributed by atoms with Crippen molar-refractivity contribution in [3.63, 3.8) is 0 Å². The Morgan fingerprint density at radius 2 is 1.80 bits per heavy atom. The SMILES string of the molecule is CN1CCC(CC(=O)c2ccc(Cc3cc(NC4CCN(c5ccc(C#N)cn5)CC4)c(C(N)=O)cn3)cc2[N+](=O)[O-])CC1. The van der Waals surface area contributed by atoms with Gasteiger partial charge < -0.3 is 20.9 Å². The first-order valence-corrected chi connectivity index (χ1v) is 14.9. The number of nitriles is 1. The maximum Gasteiger partial charge on any atom is 0.280 e. The van der Waals surface area contributed by atoms with Gasteiger partial charge in [0.15, 0.2) is 5.78 Å². The van der Waals surface area contributed by atoms with E-state index in [1.165, 1.54) is 12.3 Å². The van der Waals surface area contributed by atoms with Crippen LogP contribution in [0.2, 0.25) is 0 Å². The lowest BCUT2D eigenvalue weighted by atomic mass is 9.89. The average Bonchev–Trinajstić information content (AvgIpc) is 3.02. The predicted octanol–water partition coefficient (Wildman–Crippen LogP) is 3.94. The van der Waals surface area contributed by atoms with Crippen LogP contribution in [0.5, 0.6) is 0 Å². The van der Waals surface area contributed by atoms with Crippen molar-refractivity contribution in [3.8, 4) is 6.07 Å². The number of Topliss-reactive ketones (excluding diaryl/α,β-unsaturated/α-hetero) is 1. The van der Waals surface area contributed by atoms with Gasteiger partial charge in [-0.1, -0.05) is 6.07 Å². The Morgan fingerprint density at radius 1 is 1.05 bits per heavy atom. The summed E-state index contributed by atoms with van der Waals surface area (Å²) in [6.45, 7) is 3.33. The lowest BCUT2D eigenvalue weighted by molar-refractivity contribution is -0.385. The third-order valence-electron chi connectivity index (χ3n) is 8.54. The van der Waals surface area contributed by atoms with Crippen LogP contribution in [0, 0.1) is 27.4 Å². The van der Waals surface area contributed by atoms with Crippen LogP contribution in [0.3, 0.4) is 0 Å². The standard InChI is InChI=1S/C32H36N8O4/c1-38-10-6-21(7-11-38)16-30(41)26-4-2-22(15-29(26)40(43)44)14-25-17-28(27(20-35-25)32(34)42)37-24-8-12-39(13-9-24)31-5-3-23(18-33)19-36-31/h2-5,15,17,19-21,24H,6-14,16H2,1H3,(H2,34,42)(H,35,37). The number of ketones is 1. The molecule has 0 unspecified atom stereocenters. The Labute approximate surface area is 256 Å². The first kappa shape index (κ1) is 30.6. The molecule has 12 heteroatoms. The number of piperidine rings is 2. The van der Waals surface area contributed by atoms with Gasteiger partial charge in [-0.3, -0.25) is 24.7 Å². The van der Waals surface area contributed by atoms with Gasteiger partial charge in [0.2, 0.25) is 0 Å². The molecule has 0 spiro atoms. The normalized spacial score (nSPS) is 16.3. The second kappa shape index (κ2) is 13.6. The number of carbonyl (C=O) groups excluding carboxylic acids is 2. The molecule has 2 fully saturated rings. The van der Waals surface area contributed by atoms with E-state index in [0.29, 0.717) is 28.9 Å². The quantitative estimate of drug-likeness (QED) is 0.198. The maximum absolute atomic E-state index is 13.1. The highest BCUT2D eigenvalue weighted by Crippen LogP contribution is 2.29. The van der Waals surface area contributed by atoms with Crippen molar-refractivity contribution in [1.29, 1.82) is 5.26 Å². The molecule has 0 saturated carbocycles. The zero-order valence-corrected chi connectivity index (χ0v) is 24.7. The molecule has 0 atom stereocenters. The van der Waals surface area contributed by atoms with Crippen LogP contribution in [0.15, 0.2) is 48.8 Å². The van der Waals surface area contributed by atoms with Gasteiger partial charge in [-0.25, -0.2) is 4.98 Å². The molecule has 2 aliphatic rings. The number of hydrogen-bond acceptors (Lipinski definition) is 10. The topological polar surface area (TPSA) is 171 Å². The zero-order chi connectivity index (χ0) is 31.2. The molecule has 1 aromatic carbocycles. The highest BCUT2D eigenvalue weighted by Gasteiger charge is 2.26. The molecule has 1 amide bonds. The van der Waals surface area contributed by atoms with E-state index in [4.69, 9.17) is 11.0 Å². The number of amides is 1. The van der Waals surface area contributed by atoms with Crippen LogP contribution in [0.4, 0.5) is 17.2 Å². The number of benzene rings is 1. The molecule has 0 aliphatic carbocycles. The maximum atomic E-state index is 13.1. The van der Waals surface area contributed by atoms with Crippen molar-refractivity contribution in [2.45, 2.75) is 44.6 Å². The second-order valence-electron chi connectivity index (χ2n) is 11.7. The lowest BCUT2D eigenvalue weighted by Gasteiger charge is -2.34. The summed E-state index contributed by atoms with van der Waals surface area (Å²) in [6.07, 6.45) is 6.98. The molecule has 2 aromatic heterocycles. The first-order valence-electron chi connectivity index (χ1n) is 14.9. The second-order valence-corrected chi connectivity index (χ2v) is 11.7. The van der Waals surface area contributed by atoms with Crippen molar-refractivity contribution in [1.82, 2.24) is 14.9 Å². The Balaban J connectivity index is 1.27. The Bertz CT molecular complexity index is 1570. The molecule has 2 aliphatic heterocycles. The number of nitro benzene ring substituents is 1. The van der Waals surface area contributed by atoms with Crippen LogP contribution in [-0.2, 0) is 6.42 Å². The summed E-state index contributed by atoms with van der Waals surface area (Å²) in [5.41, 5.74) is 8.19. The Morgan fingerprint density at radius 3 is 2.43 bits per heavy atom. The summed E-state index contributed by atoms with van der Waals surface area (Å²) in [5.74, 6) is 0.245. The van der Waals surface area contributed by atoms with Gasteiger partial charge in [-0.15, -0.1) is 0 Å². The smallest absolute Gasteiger partial charge is 0.280 e. The number of aromatic nitrogens is 2. The largest absolute Gasteiger partial charge is 0.381 e. The Kier molecular flexibility index (Phi) is 9.45. The van der Waals surface area contributed by atoms with E-state index in [2.05, 4.69) is 38.2 Å². The Hall–Kier alpha value is -4.89. The van der Waals surface area contributed by atoms with Crippen molar-refractivity contribution in [2.75, 3.05) is 43.4 Å². The number of rotatable bonds is 10. The molecule has 4 heterocycles. The number of likely N-dealkylation sites (tertiary alicyclic amines) is 1. The van der Waals surface area contributed by atoms with Crippen molar-refractivity contribution in [3.05, 3.63) is 86.9 Å². The minimum atomic E-state index is -0.603. The highest BCUT2D eigenvalue weighted by atomic mass is 16.6. The number of hydrogen-bond donors (Lipinski definition) is 2. The molecule has 3 aromatic rings. The molecular weight excluding hydrogens is 560 g/mol. The number of carbonyl (C=O) groups is 2. The van der Waals surface area contributed by atoms with Gasteiger partial charge in [0.05, 0.1) is 27.3 Å². The third kappa shape index (κ3) is 7.36. The number of anilines is 2. The summed E-state index contributed by atoms with van der Waals surface area (Å²) < 4.78 is 0. The summed E-state index contributed by atoms with van der Waals surface area (Å²) in [5, 5.41) is 24.4. The van der Waals surface area contributed by atoms with Crippen LogP contribution in [0.25, 0.3) is 0 Å². The van der Waals surface area contributed by atoms with Crippen molar-refractivity contribution in [2.24, 2.45) is 11.7 Å². The average molecular weight is 597 g/mol. The van der Waals surface area contributed by atoms with E-state index in [0.717, 1.165) is 57.7 Å². The van der Waals surface area contributed by atoms with Crippen LogP contribution in [-0.4, -0.2) is 70.8 Å². The van der Waals surface area contributed by atoms with E-state index in [1.54, 1.807) is 30.5 Å². The number of nitrogens with zero attached hydrogens (tertiary/aromatic N) is 6. The van der Waals surface area contributed by atoms with Gasteiger partial charge in [-0.05, 0) is 81.6 Å². The van der Waals surface area contributed by atoms with Crippen LogP contribution >= 0.6 is 0 Å². The van der Waals surface area contributed by atoms with E-state index < -0.39 is 10.8 Å².